The van der Waals surface area contributed by atoms with Crippen molar-refractivity contribution in [2.45, 2.75) is 17.3 Å². The van der Waals surface area contributed by atoms with Crippen molar-refractivity contribution >= 4 is 35.0 Å². The Labute approximate surface area is 227 Å². The fourth-order valence-electron chi connectivity index (χ4n) is 4.32. The summed E-state index contributed by atoms with van der Waals surface area (Å²) in [5.41, 5.74) is 2.84. The van der Waals surface area contributed by atoms with Gasteiger partial charge in [0.15, 0.2) is 11.5 Å². The fourth-order valence-corrected chi connectivity index (χ4v) is 5.54. The van der Waals surface area contributed by atoms with E-state index in [1.807, 2.05) is 18.2 Å². The number of pyridine rings is 1. The van der Waals surface area contributed by atoms with Crippen LogP contribution in [0.3, 0.4) is 0 Å². The third-order valence-corrected chi connectivity index (χ3v) is 7.43. The molecule has 3 heterocycles. The SMILES string of the molecule is O=C(Nc1ccc(F)c(NC(=O)c2c3ccc(COc4ccccn4)c2SC3)c1)c1ccc2c(c1)OCCO2. The number of halogens is 1. The number of rotatable bonds is 7. The van der Waals surface area contributed by atoms with Crippen LogP contribution in [0.2, 0.25) is 0 Å². The molecule has 2 N–H and O–H groups in total. The van der Waals surface area contributed by atoms with Crippen molar-refractivity contribution in [2.24, 2.45) is 0 Å². The molecule has 6 rings (SSSR count). The van der Waals surface area contributed by atoms with Crippen LogP contribution in [0.15, 0.2) is 77.8 Å². The van der Waals surface area contributed by atoms with Crippen molar-refractivity contribution in [1.82, 2.24) is 4.98 Å². The average Bonchev–Trinajstić information content (AvgIpc) is 3.28. The van der Waals surface area contributed by atoms with Crippen LogP contribution in [0.25, 0.3) is 0 Å². The van der Waals surface area contributed by atoms with E-state index in [0.29, 0.717) is 53.2 Å². The summed E-state index contributed by atoms with van der Waals surface area (Å²) in [5, 5.41) is 5.42. The molecule has 0 fully saturated rings. The Kier molecular flexibility index (Phi) is 6.76. The van der Waals surface area contributed by atoms with Gasteiger partial charge in [0.05, 0.1) is 11.3 Å². The first-order valence-corrected chi connectivity index (χ1v) is 13.2. The first-order chi connectivity index (χ1) is 19.0. The highest BCUT2D eigenvalue weighted by molar-refractivity contribution is 7.99. The zero-order valence-corrected chi connectivity index (χ0v) is 21.3. The lowest BCUT2D eigenvalue weighted by atomic mass is 10.0. The van der Waals surface area contributed by atoms with E-state index in [1.54, 1.807) is 36.5 Å². The molecule has 10 heteroatoms. The maximum absolute atomic E-state index is 14.7. The van der Waals surface area contributed by atoms with Gasteiger partial charge in [0.25, 0.3) is 11.8 Å². The fraction of sp³-hybridized carbons (Fsp3) is 0.138. The summed E-state index contributed by atoms with van der Waals surface area (Å²) in [5.74, 6) is 0.727. The number of nitrogens with one attached hydrogen (secondary N) is 2. The predicted octanol–water partition coefficient (Wildman–Crippen LogP) is 5.68. The quantitative estimate of drug-likeness (QED) is 0.309. The second-order valence-electron chi connectivity index (χ2n) is 8.79. The number of hydrogen-bond acceptors (Lipinski definition) is 7. The Morgan fingerprint density at radius 2 is 1.82 bits per heavy atom. The monoisotopic (exact) mass is 543 g/mol. The van der Waals surface area contributed by atoms with Gasteiger partial charge in [-0.25, -0.2) is 9.37 Å². The normalized spacial score (nSPS) is 13.1. The highest BCUT2D eigenvalue weighted by Gasteiger charge is 2.26. The number of amides is 2. The van der Waals surface area contributed by atoms with E-state index in [0.717, 1.165) is 16.0 Å². The standard InChI is InChI=1S/C29H22FN3O5S/c30-21-8-7-20(32-28(34)17-6-9-23-24(13-17)37-12-11-36-23)14-22(21)33-29(35)26-19-5-4-18(27(26)39-16-19)15-38-25-3-1-2-10-31-25/h1-10,13-14H,11-12,15-16H2,(H,32,34)(H,33,35). The van der Waals surface area contributed by atoms with Gasteiger partial charge in [-0.2, -0.15) is 0 Å². The lowest BCUT2D eigenvalue weighted by molar-refractivity contribution is 0.101. The van der Waals surface area contributed by atoms with E-state index in [-0.39, 0.29) is 12.3 Å². The van der Waals surface area contributed by atoms with E-state index in [2.05, 4.69) is 15.6 Å². The Bertz CT molecular complexity index is 1580. The number of ether oxygens (including phenoxy) is 3. The van der Waals surface area contributed by atoms with Gasteiger partial charge in [0, 0.05) is 39.7 Å². The van der Waals surface area contributed by atoms with Crippen molar-refractivity contribution in [1.29, 1.82) is 0 Å². The van der Waals surface area contributed by atoms with Crippen LogP contribution in [0, 0.1) is 5.82 Å². The summed E-state index contributed by atoms with van der Waals surface area (Å²) < 4.78 is 31.5. The van der Waals surface area contributed by atoms with E-state index >= 15 is 0 Å². The molecule has 2 bridgehead atoms. The predicted molar refractivity (Wildman–Crippen MR) is 144 cm³/mol. The van der Waals surface area contributed by atoms with Crippen molar-refractivity contribution in [3.05, 3.63) is 101 Å². The van der Waals surface area contributed by atoms with Crippen molar-refractivity contribution in [3.63, 3.8) is 0 Å². The van der Waals surface area contributed by atoms with E-state index in [1.165, 1.54) is 30.0 Å². The molecular formula is C29H22FN3O5S. The molecule has 1 aromatic heterocycles. The summed E-state index contributed by atoms with van der Waals surface area (Å²) in [6, 6.07) is 18.1. The second kappa shape index (κ2) is 10.7. The molecule has 2 aliphatic heterocycles. The van der Waals surface area contributed by atoms with Crippen molar-refractivity contribution < 1.29 is 28.2 Å². The van der Waals surface area contributed by atoms with Gasteiger partial charge in [-0.3, -0.25) is 9.59 Å². The second-order valence-corrected chi connectivity index (χ2v) is 9.78. The van der Waals surface area contributed by atoms with E-state index < -0.39 is 17.6 Å². The topological polar surface area (TPSA) is 98.8 Å². The maximum atomic E-state index is 14.7. The molecule has 0 radical (unpaired) electrons. The summed E-state index contributed by atoms with van der Waals surface area (Å²) in [7, 11) is 0. The van der Waals surface area contributed by atoms with Gasteiger partial charge in [-0.15, -0.1) is 11.8 Å². The van der Waals surface area contributed by atoms with E-state index in [9.17, 15) is 14.0 Å². The summed E-state index contributed by atoms with van der Waals surface area (Å²) in [6.07, 6.45) is 1.65. The van der Waals surface area contributed by atoms with Crippen LogP contribution in [0.1, 0.15) is 31.8 Å². The minimum atomic E-state index is -0.620. The zero-order valence-electron chi connectivity index (χ0n) is 20.5. The number of aromatic nitrogens is 1. The summed E-state index contributed by atoms with van der Waals surface area (Å²) >= 11 is 1.54. The highest BCUT2D eigenvalue weighted by atomic mass is 32.2. The van der Waals surface area contributed by atoms with E-state index in [4.69, 9.17) is 14.2 Å². The highest BCUT2D eigenvalue weighted by Crippen LogP contribution is 2.40. The third kappa shape index (κ3) is 5.23. The first kappa shape index (κ1) is 24.7. The smallest absolute Gasteiger partial charge is 0.257 e. The minimum Gasteiger partial charge on any atom is -0.486 e. The Hall–Kier alpha value is -4.57. The van der Waals surface area contributed by atoms with Crippen LogP contribution in [0.5, 0.6) is 17.4 Å². The third-order valence-electron chi connectivity index (χ3n) is 6.21. The van der Waals surface area contributed by atoms with Crippen LogP contribution < -0.4 is 24.8 Å². The first-order valence-electron chi connectivity index (χ1n) is 12.2. The van der Waals surface area contributed by atoms with Crippen LogP contribution >= 0.6 is 11.8 Å². The van der Waals surface area contributed by atoms with Crippen LogP contribution in [-0.2, 0) is 12.4 Å². The molecule has 0 atom stereocenters. The molecule has 8 nitrogen and oxygen atoms in total. The zero-order chi connectivity index (χ0) is 26.8. The number of nitrogens with zero attached hydrogens (tertiary/aromatic N) is 1. The number of carbonyl (C=O) groups excluding carboxylic acids is 2. The number of benzene rings is 3. The number of carbonyl (C=O) groups is 2. The number of fused-ring (bicyclic) bond motifs is 3. The van der Waals surface area contributed by atoms with Gasteiger partial charge >= 0.3 is 0 Å². The maximum Gasteiger partial charge on any atom is 0.257 e. The molecule has 196 valence electrons. The molecule has 2 amide bonds. The van der Waals surface area contributed by atoms with Gasteiger partial charge in [0.2, 0.25) is 5.88 Å². The average molecular weight is 544 g/mol. The van der Waals surface area contributed by atoms with Gasteiger partial charge < -0.3 is 24.8 Å². The van der Waals surface area contributed by atoms with Crippen LogP contribution in [-0.4, -0.2) is 30.0 Å². The molecular weight excluding hydrogens is 521 g/mol. The number of thioether (sulfide) groups is 1. The van der Waals surface area contributed by atoms with Gasteiger partial charge in [-0.05, 0) is 48.0 Å². The minimum absolute atomic E-state index is 0.0427. The Morgan fingerprint density at radius 1 is 0.949 bits per heavy atom. The van der Waals surface area contributed by atoms with Crippen molar-refractivity contribution in [2.75, 3.05) is 23.8 Å². The summed E-state index contributed by atoms with van der Waals surface area (Å²) in [4.78, 5) is 31.1. The molecule has 4 aromatic rings. The molecule has 0 spiro atoms. The molecule has 0 unspecified atom stereocenters. The van der Waals surface area contributed by atoms with Crippen LogP contribution in [0.4, 0.5) is 15.8 Å². The van der Waals surface area contributed by atoms with Gasteiger partial charge in [0.1, 0.15) is 25.6 Å². The molecule has 0 saturated carbocycles. The molecule has 2 aliphatic rings. The lowest BCUT2D eigenvalue weighted by Crippen LogP contribution is -2.18. The number of anilines is 2. The molecule has 39 heavy (non-hydrogen) atoms. The largest absolute Gasteiger partial charge is 0.486 e. The van der Waals surface area contributed by atoms with Crippen molar-refractivity contribution in [3.8, 4) is 17.4 Å². The Morgan fingerprint density at radius 3 is 2.67 bits per heavy atom. The molecule has 0 saturated heterocycles. The summed E-state index contributed by atoms with van der Waals surface area (Å²) in [6.45, 7) is 1.10. The molecule has 3 aromatic carbocycles. The molecule has 0 aliphatic carbocycles. The van der Waals surface area contributed by atoms with Gasteiger partial charge in [-0.1, -0.05) is 18.2 Å². The Balaban J connectivity index is 1.18. The number of hydrogen-bond donors (Lipinski definition) is 2. The lowest BCUT2D eigenvalue weighted by Gasteiger charge is -2.18.